The Balaban J connectivity index is 2.14. The monoisotopic (exact) mass is 288 g/mol. The number of hydrogen-bond acceptors (Lipinski definition) is 3. The number of nitrogens with zero attached hydrogens (tertiary/aromatic N) is 1. The Kier molecular flexibility index (Phi) is 2.23. The normalized spacial score (nSPS) is 17.9. The Morgan fingerprint density at radius 1 is 1.62 bits per heavy atom. The maximum Gasteiger partial charge on any atom is 0.145 e. The van der Waals surface area contributed by atoms with E-state index < -0.39 is 0 Å². The highest BCUT2D eigenvalue weighted by Gasteiger charge is 2.42. The maximum atomic E-state index is 10.7. The molecule has 4 heteroatoms. The number of aromatic nitrogens is 1. The zero-order valence-corrected chi connectivity index (χ0v) is 9.11. The molecule has 0 unspecified atom stereocenters. The number of anilines is 1. The Morgan fingerprint density at radius 2 is 2.38 bits per heavy atom. The summed E-state index contributed by atoms with van der Waals surface area (Å²) in [4.78, 5) is 14.8. The maximum absolute atomic E-state index is 10.7. The fourth-order valence-corrected chi connectivity index (χ4v) is 1.59. The summed E-state index contributed by atoms with van der Waals surface area (Å²) >= 11 is 2.22. The number of pyridine rings is 1. The molecule has 0 amide bonds. The Morgan fingerprint density at radius 3 is 2.92 bits per heavy atom. The van der Waals surface area contributed by atoms with Crippen LogP contribution in [-0.4, -0.2) is 16.8 Å². The standard InChI is InChI=1S/C9H9IN2O/c10-7-1-4-11-8(5-7)12-9(6-13)2-3-9/h1,4-6H,2-3H2,(H,11,12). The van der Waals surface area contributed by atoms with Crippen LogP contribution in [0.4, 0.5) is 5.82 Å². The van der Waals surface area contributed by atoms with Crippen LogP contribution in [0.2, 0.25) is 0 Å². The van der Waals surface area contributed by atoms with Gasteiger partial charge in [0.1, 0.15) is 12.1 Å². The van der Waals surface area contributed by atoms with Gasteiger partial charge in [-0.25, -0.2) is 4.98 Å². The van der Waals surface area contributed by atoms with Crippen LogP contribution >= 0.6 is 22.6 Å². The van der Waals surface area contributed by atoms with E-state index in [1.54, 1.807) is 6.20 Å². The molecular formula is C9H9IN2O. The van der Waals surface area contributed by atoms with Crippen LogP contribution in [0.3, 0.4) is 0 Å². The summed E-state index contributed by atoms with van der Waals surface area (Å²) in [6.07, 6.45) is 4.56. The second kappa shape index (κ2) is 3.25. The second-order valence-corrected chi connectivity index (χ2v) is 4.50. The van der Waals surface area contributed by atoms with Gasteiger partial charge < -0.3 is 10.1 Å². The SMILES string of the molecule is O=CC1(Nc2cc(I)ccn2)CC1. The first-order valence-corrected chi connectivity index (χ1v) is 5.18. The predicted molar refractivity (Wildman–Crippen MR) is 58.6 cm³/mol. The highest BCUT2D eigenvalue weighted by molar-refractivity contribution is 14.1. The number of halogens is 1. The van der Waals surface area contributed by atoms with Crippen molar-refractivity contribution in [1.29, 1.82) is 0 Å². The predicted octanol–water partition coefficient (Wildman–Crippen LogP) is 1.83. The molecule has 1 heterocycles. The average molecular weight is 288 g/mol. The first kappa shape index (κ1) is 8.93. The van der Waals surface area contributed by atoms with Gasteiger partial charge in [0, 0.05) is 9.77 Å². The van der Waals surface area contributed by atoms with E-state index in [4.69, 9.17) is 0 Å². The van der Waals surface area contributed by atoms with Gasteiger partial charge in [-0.1, -0.05) is 0 Å². The van der Waals surface area contributed by atoms with Crippen molar-refractivity contribution in [2.24, 2.45) is 0 Å². The second-order valence-electron chi connectivity index (χ2n) is 3.26. The molecule has 0 radical (unpaired) electrons. The van der Waals surface area contributed by atoms with Crippen molar-refractivity contribution >= 4 is 34.7 Å². The fourth-order valence-electron chi connectivity index (χ4n) is 1.14. The molecule has 0 bridgehead atoms. The number of hydrogen-bond donors (Lipinski definition) is 1. The highest BCUT2D eigenvalue weighted by atomic mass is 127. The summed E-state index contributed by atoms with van der Waals surface area (Å²) < 4.78 is 1.12. The Bertz CT molecular complexity index is 336. The third-order valence-corrected chi connectivity index (χ3v) is 2.78. The Labute approximate surface area is 90.1 Å². The summed E-state index contributed by atoms with van der Waals surface area (Å²) in [7, 11) is 0. The number of carbonyl (C=O) groups is 1. The van der Waals surface area contributed by atoms with Crippen molar-refractivity contribution in [3.8, 4) is 0 Å². The summed E-state index contributed by atoms with van der Waals surface area (Å²) in [5.74, 6) is 0.788. The van der Waals surface area contributed by atoms with Crippen LogP contribution in [0.1, 0.15) is 12.8 Å². The molecule has 1 N–H and O–H groups in total. The molecule has 1 saturated carbocycles. The topological polar surface area (TPSA) is 42.0 Å². The van der Waals surface area contributed by atoms with Crippen molar-refractivity contribution in [2.45, 2.75) is 18.4 Å². The van der Waals surface area contributed by atoms with Gasteiger partial charge in [0.2, 0.25) is 0 Å². The van der Waals surface area contributed by atoms with E-state index in [2.05, 4.69) is 32.9 Å². The van der Waals surface area contributed by atoms with Gasteiger partial charge in [-0.2, -0.15) is 0 Å². The van der Waals surface area contributed by atoms with E-state index >= 15 is 0 Å². The van der Waals surface area contributed by atoms with Gasteiger partial charge >= 0.3 is 0 Å². The molecule has 68 valence electrons. The summed E-state index contributed by atoms with van der Waals surface area (Å²) in [6, 6.07) is 3.86. The largest absolute Gasteiger partial charge is 0.358 e. The first-order valence-electron chi connectivity index (χ1n) is 4.10. The Hall–Kier alpha value is -0.650. The molecule has 3 nitrogen and oxygen atoms in total. The molecule has 1 aliphatic rings. The molecule has 0 atom stereocenters. The van der Waals surface area contributed by atoms with Crippen LogP contribution in [-0.2, 0) is 4.79 Å². The molecule has 1 aliphatic carbocycles. The number of rotatable bonds is 3. The first-order chi connectivity index (χ1) is 6.24. The van der Waals surface area contributed by atoms with Gasteiger partial charge in [-0.3, -0.25) is 0 Å². The fraction of sp³-hybridized carbons (Fsp3) is 0.333. The molecule has 0 aromatic carbocycles. The lowest BCUT2D eigenvalue weighted by atomic mass is 10.3. The van der Waals surface area contributed by atoms with E-state index in [0.717, 1.165) is 28.5 Å². The van der Waals surface area contributed by atoms with E-state index in [-0.39, 0.29) is 5.54 Å². The van der Waals surface area contributed by atoms with Gasteiger partial charge in [0.15, 0.2) is 0 Å². The quantitative estimate of drug-likeness (QED) is 0.681. The third-order valence-electron chi connectivity index (χ3n) is 2.11. The molecule has 0 spiro atoms. The molecule has 1 aromatic rings. The summed E-state index contributed by atoms with van der Waals surface area (Å²) in [5.41, 5.74) is -0.308. The van der Waals surface area contributed by atoms with Crippen molar-refractivity contribution in [3.05, 3.63) is 21.9 Å². The van der Waals surface area contributed by atoms with Crippen LogP contribution < -0.4 is 5.32 Å². The van der Waals surface area contributed by atoms with E-state index in [9.17, 15) is 4.79 Å². The molecule has 1 fully saturated rings. The van der Waals surface area contributed by atoms with Crippen LogP contribution in [0.5, 0.6) is 0 Å². The minimum absolute atomic E-state index is 0.308. The van der Waals surface area contributed by atoms with Gasteiger partial charge in [-0.15, -0.1) is 0 Å². The average Bonchev–Trinajstić information content (AvgIpc) is 2.86. The summed E-state index contributed by atoms with van der Waals surface area (Å²) in [6.45, 7) is 0. The van der Waals surface area contributed by atoms with Crippen molar-refractivity contribution in [3.63, 3.8) is 0 Å². The van der Waals surface area contributed by atoms with E-state index in [1.807, 2.05) is 12.1 Å². The van der Waals surface area contributed by atoms with Crippen molar-refractivity contribution in [1.82, 2.24) is 4.98 Å². The van der Waals surface area contributed by atoms with Crippen molar-refractivity contribution < 1.29 is 4.79 Å². The van der Waals surface area contributed by atoms with Gasteiger partial charge in [-0.05, 0) is 47.6 Å². The zero-order valence-electron chi connectivity index (χ0n) is 6.96. The van der Waals surface area contributed by atoms with Gasteiger partial charge in [0.25, 0.3) is 0 Å². The number of carbonyl (C=O) groups excluding carboxylic acids is 1. The van der Waals surface area contributed by atoms with Crippen LogP contribution in [0, 0.1) is 3.57 Å². The smallest absolute Gasteiger partial charge is 0.145 e. The summed E-state index contributed by atoms with van der Waals surface area (Å²) in [5, 5.41) is 3.14. The number of nitrogens with one attached hydrogen (secondary N) is 1. The molecule has 1 aromatic heterocycles. The van der Waals surface area contributed by atoms with Crippen molar-refractivity contribution in [2.75, 3.05) is 5.32 Å². The highest BCUT2D eigenvalue weighted by Crippen LogP contribution is 2.36. The molecule has 13 heavy (non-hydrogen) atoms. The van der Waals surface area contributed by atoms with Crippen LogP contribution in [0.25, 0.3) is 0 Å². The molecule has 0 aliphatic heterocycles. The third kappa shape index (κ3) is 1.99. The van der Waals surface area contributed by atoms with Crippen LogP contribution in [0.15, 0.2) is 18.3 Å². The minimum atomic E-state index is -0.308. The lowest BCUT2D eigenvalue weighted by Gasteiger charge is -2.10. The molecule has 2 rings (SSSR count). The van der Waals surface area contributed by atoms with Gasteiger partial charge in [0.05, 0.1) is 5.54 Å². The molecular weight excluding hydrogens is 279 g/mol. The minimum Gasteiger partial charge on any atom is -0.358 e. The van der Waals surface area contributed by atoms with E-state index in [0.29, 0.717) is 0 Å². The zero-order chi connectivity index (χ0) is 9.31. The van der Waals surface area contributed by atoms with E-state index in [1.165, 1.54) is 0 Å². The molecule has 0 saturated heterocycles. The lowest BCUT2D eigenvalue weighted by molar-refractivity contribution is -0.109. The lowest BCUT2D eigenvalue weighted by Crippen LogP contribution is -2.23. The number of aldehydes is 1.